The van der Waals surface area contributed by atoms with E-state index in [9.17, 15) is 0 Å². The lowest BCUT2D eigenvalue weighted by Crippen LogP contribution is -1.98. The second-order valence-corrected chi connectivity index (χ2v) is 4.44. The van der Waals surface area contributed by atoms with Gasteiger partial charge < -0.3 is 4.74 Å². The fourth-order valence-electron chi connectivity index (χ4n) is 1.93. The number of nitrogens with zero attached hydrogens (tertiary/aromatic N) is 3. The van der Waals surface area contributed by atoms with Crippen LogP contribution in [0, 0.1) is 0 Å². The molecule has 0 saturated carbocycles. The van der Waals surface area contributed by atoms with Gasteiger partial charge in [0.2, 0.25) is 0 Å². The summed E-state index contributed by atoms with van der Waals surface area (Å²) < 4.78 is 5.07. The monoisotopic (exact) mass is 274 g/mol. The number of aromatic amines is 1. The Balaban J connectivity index is 2.15. The van der Waals surface area contributed by atoms with Crippen molar-refractivity contribution >= 4 is 22.5 Å². The Kier molecular flexibility index (Phi) is 3.15. The Hall–Kier alpha value is -1.98. The van der Waals surface area contributed by atoms with Crippen LogP contribution in [0.25, 0.3) is 22.4 Å². The number of hydrogen-bond acceptors (Lipinski definition) is 4. The number of methoxy groups -OCH3 is 1. The molecule has 3 rings (SSSR count). The first-order valence-electron chi connectivity index (χ1n) is 5.74. The Labute approximate surface area is 114 Å². The van der Waals surface area contributed by atoms with E-state index in [1.54, 1.807) is 13.2 Å². The highest BCUT2D eigenvalue weighted by Crippen LogP contribution is 2.24. The molecule has 0 aliphatic heterocycles. The average molecular weight is 275 g/mol. The topological polar surface area (TPSA) is 63.7 Å². The first-order valence-corrected chi connectivity index (χ1v) is 6.11. The van der Waals surface area contributed by atoms with E-state index < -0.39 is 0 Å². The number of aromatic nitrogens is 4. The molecule has 2 aromatic heterocycles. The summed E-state index contributed by atoms with van der Waals surface area (Å²) in [6, 6.07) is 9.49. The number of rotatable bonds is 3. The summed E-state index contributed by atoms with van der Waals surface area (Å²) in [6.07, 6.45) is 0. The second kappa shape index (κ2) is 4.95. The fraction of sp³-hybridized carbons (Fsp3) is 0.154. The van der Waals surface area contributed by atoms with Crippen LogP contribution in [0.2, 0.25) is 5.15 Å². The molecule has 0 amide bonds. The van der Waals surface area contributed by atoms with E-state index in [2.05, 4.69) is 20.2 Å². The number of benzene rings is 1. The van der Waals surface area contributed by atoms with Crippen LogP contribution in [0.3, 0.4) is 0 Å². The fourth-order valence-corrected chi connectivity index (χ4v) is 2.13. The van der Waals surface area contributed by atoms with Gasteiger partial charge in [-0.1, -0.05) is 29.8 Å². The van der Waals surface area contributed by atoms with Crippen LogP contribution in [-0.2, 0) is 11.3 Å². The number of fused-ring (bicyclic) bond motifs is 1. The lowest BCUT2D eigenvalue weighted by Gasteiger charge is -2.02. The third-order valence-electron chi connectivity index (χ3n) is 2.72. The molecule has 0 atom stereocenters. The van der Waals surface area contributed by atoms with Crippen LogP contribution in [0.4, 0.5) is 0 Å². The lowest BCUT2D eigenvalue weighted by molar-refractivity contribution is 0.181. The number of hydrogen-bond donors (Lipinski definition) is 1. The molecule has 0 radical (unpaired) electrons. The smallest absolute Gasteiger partial charge is 0.182 e. The van der Waals surface area contributed by atoms with Gasteiger partial charge in [-0.05, 0) is 12.1 Å². The first-order chi connectivity index (χ1) is 9.28. The van der Waals surface area contributed by atoms with Gasteiger partial charge in [-0.25, -0.2) is 9.97 Å². The van der Waals surface area contributed by atoms with Gasteiger partial charge in [0.1, 0.15) is 10.8 Å². The highest BCUT2D eigenvalue weighted by Gasteiger charge is 2.12. The molecule has 0 aliphatic rings. The molecule has 0 bridgehead atoms. The molecule has 1 aromatic carbocycles. The predicted molar refractivity (Wildman–Crippen MR) is 72.8 cm³/mol. The zero-order chi connectivity index (χ0) is 13.2. The van der Waals surface area contributed by atoms with Gasteiger partial charge in [-0.2, -0.15) is 5.10 Å². The average Bonchev–Trinajstić information content (AvgIpc) is 2.82. The zero-order valence-corrected chi connectivity index (χ0v) is 11.0. The van der Waals surface area contributed by atoms with Crippen molar-refractivity contribution in [3.8, 4) is 11.5 Å². The third-order valence-corrected chi connectivity index (χ3v) is 2.92. The van der Waals surface area contributed by atoms with Crippen molar-refractivity contribution in [3.05, 3.63) is 41.2 Å². The van der Waals surface area contributed by atoms with E-state index in [4.69, 9.17) is 16.3 Å². The van der Waals surface area contributed by atoms with Gasteiger partial charge in [0, 0.05) is 12.5 Å². The van der Waals surface area contributed by atoms with Crippen molar-refractivity contribution in [2.45, 2.75) is 6.61 Å². The summed E-state index contributed by atoms with van der Waals surface area (Å²) in [5.41, 5.74) is 2.36. The molecule has 6 heteroatoms. The van der Waals surface area contributed by atoms with Crippen molar-refractivity contribution in [2.75, 3.05) is 7.11 Å². The number of ether oxygens (including phenoxy) is 1. The van der Waals surface area contributed by atoms with Crippen LogP contribution in [0.5, 0.6) is 0 Å². The van der Waals surface area contributed by atoms with Crippen molar-refractivity contribution in [2.24, 2.45) is 0 Å². The Morgan fingerprint density at radius 3 is 2.95 bits per heavy atom. The van der Waals surface area contributed by atoms with Gasteiger partial charge >= 0.3 is 0 Å². The second-order valence-electron chi connectivity index (χ2n) is 4.06. The third kappa shape index (κ3) is 2.30. The lowest BCUT2D eigenvalue weighted by atomic mass is 10.2. The van der Waals surface area contributed by atoms with E-state index in [0.717, 1.165) is 16.6 Å². The van der Waals surface area contributed by atoms with Gasteiger partial charge in [-0.3, -0.25) is 5.10 Å². The van der Waals surface area contributed by atoms with Gasteiger partial charge in [0.25, 0.3) is 0 Å². The molecule has 0 unspecified atom stereocenters. The first kappa shape index (κ1) is 12.1. The Morgan fingerprint density at radius 2 is 2.11 bits per heavy atom. The number of halogens is 1. The molecule has 3 aromatic rings. The van der Waals surface area contributed by atoms with Gasteiger partial charge in [0.05, 0.1) is 17.8 Å². The quantitative estimate of drug-likeness (QED) is 0.746. The SMILES string of the molecule is COCc1cc(Cl)nc(-c2n[nH]c3ccccc23)n1. The highest BCUT2D eigenvalue weighted by molar-refractivity contribution is 6.29. The normalized spacial score (nSPS) is 11.1. The molecule has 96 valence electrons. The van der Waals surface area contributed by atoms with Crippen LogP contribution < -0.4 is 0 Å². The number of para-hydroxylation sites is 1. The largest absolute Gasteiger partial charge is 0.378 e. The predicted octanol–water partition coefficient (Wildman–Crippen LogP) is 2.82. The maximum absolute atomic E-state index is 6.01. The van der Waals surface area contributed by atoms with Crippen LogP contribution in [0.1, 0.15) is 5.69 Å². The van der Waals surface area contributed by atoms with Crippen molar-refractivity contribution < 1.29 is 4.74 Å². The highest BCUT2D eigenvalue weighted by atomic mass is 35.5. The molecule has 19 heavy (non-hydrogen) atoms. The van der Waals surface area contributed by atoms with Crippen LogP contribution in [0.15, 0.2) is 30.3 Å². The van der Waals surface area contributed by atoms with E-state index in [1.165, 1.54) is 0 Å². The minimum absolute atomic E-state index is 0.379. The summed E-state index contributed by atoms with van der Waals surface area (Å²) >= 11 is 6.01. The van der Waals surface area contributed by atoms with Gasteiger partial charge in [0.15, 0.2) is 5.82 Å². The summed E-state index contributed by atoms with van der Waals surface area (Å²) in [5.74, 6) is 0.497. The Bertz CT molecular complexity index is 725. The molecule has 1 N–H and O–H groups in total. The molecule has 0 spiro atoms. The van der Waals surface area contributed by atoms with Crippen molar-refractivity contribution in [1.29, 1.82) is 0 Å². The molecule has 0 saturated heterocycles. The molecular formula is C13H11ClN4O. The Morgan fingerprint density at radius 1 is 1.26 bits per heavy atom. The van der Waals surface area contributed by atoms with Crippen molar-refractivity contribution in [1.82, 2.24) is 20.2 Å². The molecular weight excluding hydrogens is 264 g/mol. The maximum atomic E-state index is 6.01. The number of H-pyrrole nitrogens is 1. The van der Waals surface area contributed by atoms with Crippen LogP contribution >= 0.6 is 11.6 Å². The van der Waals surface area contributed by atoms with E-state index in [1.807, 2.05) is 24.3 Å². The van der Waals surface area contributed by atoms with Gasteiger partial charge in [-0.15, -0.1) is 0 Å². The maximum Gasteiger partial charge on any atom is 0.182 e. The van der Waals surface area contributed by atoms with E-state index >= 15 is 0 Å². The molecule has 5 nitrogen and oxygen atoms in total. The minimum atomic E-state index is 0.379. The summed E-state index contributed by atoms with van der Waals surface area (Å²) in [4.78, 5) is 8.64. The number of nitrogens with one attached hydrogen (secondary N) is 1. The molecule has 0 aliphatic carbocycles. The summed E-state index contributed by atoms with van der Waals surface area (Å²) in [5, 5.41) is 8.56. The molecule has 0 fully saturated rings. The van der Waals surface area contributed by atoms with Crippen molar-refractivity contribution in [3.63, 3.8) is 0 Å². The summed E-state index contributed by atoms with van der Waals surface area (Å²) in [7, 11) is 1.61. The summed E-state index contributed by atoms with van der Waals surface area (Å²) in [6.45, 7) is 0.387. The van der Waals surface area contributed by atoms with E-state index in [0.29, 0.717) is 23.3 Å². The molecule has 2 heterocycles. The standard InChI is InChI=1S/C13H11ClN4O/c1-19-7-8-6-11(14)16-13(15-8)12-9-4-2-3-5-10(9)17-18-12/h2-6H,7H2,1H3,(H,17,18). The van der Waals surface area contributed by atoms with Crippen LogP contribution in [-0.4, -0.2) is 27.3 Å². The zero-order valence-electron chi connectivity index (χ0n) is 10.2. The minimum Gasteiger partial charge on any atom is -0.378 e. The van der Waals surface area contributed by atoms with E-state index in [-0.39, 0.29) is 0 Å².